The topological polar surface area (TPSA) is 62.7 Å². The first kappa shape index (κ1) is 17.9. The van der Waals surface area contributed by atoms with Crippen LogP contribution in [0.4, 0.5) is 5.69 Å². The molecule has 6 nitrogen and oxygen atoms in total. The highest BCUT2D eigenvalue weighted by Gasteiger charge is 2.31. The largest absolute Gasteiger partial charge is 0.436 e. The van der Waals surface area contributed by atoms with Crippen molar-refractivity contribution in [1.82, 2.24) is 9.88 Å². The van der Waals surface area contributed by atoms with Crippen LogP contribution in [-0.4, -0.2) is 41.8 Å². The number of carbonyl (C=O) groups is 2. The summed E-state index contributed by atoms with van der Waals surface area (Å²) >= 11 is 0. The second-order valence-electron chi connectivity index (χ2n) is 6.49. The predicted molar refractivity (Wildman–Crippen MR) is 99.7 cm³/mol. The molecule has 0 unspecified atom stereocenters. The van der Waals surface area contributed by atoms with Crippen LogP contribution in [0, 0.1) is 6.92 Å². The van der Waals surface area contributed by atoms with Gasteiger partial charge in [-0.1, -0.05) is 19.4 Å². The van der Waals surface area contributed by atoms with E-state index in [-0.39, 0.29) is 24.2 Å². The number of pyridine rings is 1. The number of benzene rings is 1. The highest BCUT2D eigenvalue weighted by Crippen LogP contribution is 2.38. The summed E-state index contributed by atoms with van der Waals surface area (Å²) in [4.78, 5) is 33.1. The van der Waals surface area contributed by atoms with Crippen LogP contribution in [0.15, 0.2) is 36.5 Å². The zero-order valence-corrected chi connectivity index (χ0v) is 15.4. The minimum Gasteiger partial charge on any atom is -0.436 e. The molecule has 26 heavy (non-hydrogen) atoms. The average molecular weight is 353 g/mol. The summed E-state index contributed by atoms with van der Waals surface area (Å²) in [6.45, 7) is 4.66. The Labute approximate surface area is 153 Å². The van der Waals surface area contributed by atoms with E-state index >= 15 is 0 Å². The molecule has 0 spiro atoms. The van der Waals surface area contributed by atoms with Gasteiger partial charge in [0.15, 0.2) is 5.75 Å². The Hall–Kier alpha value is -2.89. The molecule has 0 saturated heterocycles. The zero-order valence-electron chi connectivity index (χ0n) is 15.4. The smallest absolute Gasteiger partial charge is 0.264 e. The number of rotatable bonds is 5. The highest BCUT2D eigenvalue weighted by molar-refractivity contribution is 6.11. The first-order chi connectivity index (χ1) is 12.5. The Bertz CT molecular complexity index is 835. The number of hydrogen-bond acceptors (Lipinski definition) is 4. The Morgan fingerprint density at radius 3 is 2.88 bits per heavy atom. The lowest BCUT2D eigenvalue weighted by molar-refractivity contribution is -0.128. The van der Waals surface area contributed by atoms with E-state index in [1.807, 2.05) is 19.1 Å². The number of aryl methyl sites for hydroxylation is 1. The van der Waals surface area contributed by atoms with Crippen LogP contribution in [0.1, 0.15) is 35.7 Å². The molecule has 6 heteroatoms. The molecule has 1 aliphatic rings. The van der Waals surface area contributed by atoms with Gasteiger partial charge in [0.1, 0.15) is 12.1 Å². The van der Waals surface area contributed by atoms with Crippen LogP contribution < -0.4 is 9.64 Å². The molecule has 0 N–H and O–H groups in total. The second-order valence-corrected chi connectivity index (χ2v) is 6.49. The van der Waals surface area contributed by atoms with Gasteiger partial charge in [-0.05, 0) is 43.2 Å². The maximum atomic E-state index is 13.1. The molecule has 3 rings (SSSR count). The van der Waals surface area contributed by atoms with Gasteiger partial charge in [0.05, 0.1) is 5.69 Å². The van der Waals surface area contributed by atoms with Gasteiger partial charge in [-0.25, -0.2) is 4.98 Å². The third-order valence-corrected chi connectivity index (χ3v) is 4.42. The van der Waals surface area contributed by atoms with Crippen LogP contribution in [0.25, 0.3) is 0 Å². The van der Waals surface area contributed by atoms with Gasteiger partial charge in [-0.2, -0.15) is 0 Å². The van der Waals surface area contributed by atoms with Crippen molar-refractivity contribution in [3.63, 3.8) is 0 Å². The van der Waals surface area contributed by atoms with E-state index in [1.54, 1.807) is 36.3 Å². The maximum Gasteiger partial charge on any atom is 0.264 e. The lowest BCUT2D eigenvalue weighted by atomic mass is 10.1. The van der Waals surface area contributed by atoms with Gasteiger partial charge in [-0.3, -0.25) is 14.5 Å². The molecule has 0 atom stereocenters. The molecular weight excluding hydrogens is 330 g/mol. The molecule has 1 aromatic carbocycles. The molecule has 0 saturated carbocycles. The van der Waals surface area contributed by atoms with Gasteiger partial charge in [0.2, 0.25) is 11.8 Å². The first-order valence-electron chi connectivity index (χ1n) is 8.80. The number of carbonyl (C=O) groups excluding carboxylic acids is 2. The molecule has 136 valence electrons. The van der Waals surface area contributed by atoms with Crippen LogP contribution in [0.2, 0.25) is 0 Å². The number of hydrogen-bond donors (Lipinski definition) is 0. The third kappa shape index (κ3) is 3.54. The van der Waals surface area contributed by atoms with Crippen LogP contribution in [0.3, 0.4) is 0 Å². The number of amides is 2. The summed E-state index contributed by atoms with van der Waals surface area (Å²) in [5.41, 5.74) is 1.92. The third-order valence-electron chi connectivity index (χ3n) is 4.42. The molecule has 2 aromatic rings. The SMILES string of the molecule is CCCCN(C)C(=O)CN1C(=O)c2cccnc2Oc2ccc(C)cc21. The monoisotopic (exact) mass is 353 g/mol. The molecule has 2 amide bonds. The van der Waals surface area contributed by atoms with Crippen molar-refractivity contribution in [3.05, 3.63) is 47.7 Å². The van der Waals surface area contributed by atoms with Gasteiger partial charge >= 0.3 is 0 Å². The van der Waals surface area contributed by atoms with Gasteiger partial charge in [-0.15, -0.1) is 0 Å². The summed E-state index contributed by atoms with van der Waals surface area (Å²) in [5.74, 6) is 0.392. The number of nitrogens with zero attached hydrogens (tertiary/aromatic N) is 3. The second kappa shape index (κ2) is 7.56. The van der Waals surface area contributed by atoms with E-state index in [0.717, 1.165) is 18.4 Å². The summed E-state index contributed by atoms with van der Waals surface area (Å²) in [6.07, 6.45) is 3.52. The Morgan fingerprint density at radius 2 is 2.12 bits per heavy atom. The average Bonchev–Trinajstić information content (AvgIpc) is 2.75. The standard InChI is InChI=1S/C20H23N3O3/c1-4-5-11-22(3)18(24)13-23-16-12-14(2)8-9-17(16)26-19-15(20(23)25)7-6-10-21-19/h6-10,12H,4-5,11,13H2,1-3H3. The Morgan fingerprint density at radius 1 is 1.31 bits per heavy atom. The summed E-state index contributed by atoms with van der Waals surface area (Å²) in [5, 5.41) is 0. The summed E-state index contributed by atoms with van der Waals surface area (Å²) in [7, 11) is 1.77. The number of ether oxygens (including phenoxy) is 1. The molecule has 1 aromatic heterocycles. The fourth-order valence-corrected chi connectivity index (χ4v) is 2.85. The van der Waals surface area contributed by atoms with Crippen molar-refractivity contribution in [3.8, 4) is 11.6 Å². The predicted octanol–water partition coefficient (Wildman–Crippen LogP) is 3.40. The molecule has 0 fully saturated rings. The van der Waals surface area contributed by atoms with E-state index in [9.17, 15) is 9.59 Å². The van der Waals surface area contributed by atoms with Crippen molar-refractivity contribution in [2.75, 3.05) is 25.0 Å². The number of unbranched alkanes of at least 4 members (excludes halogenated alkanes) is 1. The molecular formula is C20H23N3O3. The van der Waals surface area contributed by atoms with E-state index in [1.165, 1.54) is 4.90 Å². The normalized spacial score (nSPS) is 12.7. The number of likely N-dealkylation sites (N-methyl/N-ethyl adjacent to an activating group) is 1. The minimum absolute atomic E-state index is 0.0345. The molecule has 2 heterocycles. The minimum atomic E-state index is -0.283. The quantitative estimate of drug-likeness (QED) is 0.826. The fraction of sp³-hybridized carbons (Fsp3) is 0.350. The maximum absolute atomic E-state index is 13.1. The first-order valence-corrected chi connectivity index (χ1v) is 8.80. The van der Waals surface area contributed by atoms with Crippen molar-refractivity contribution < 1.29 is 14.3 Å². The van der Waals surface area contributed by atoms with Crippen LogP contribution in [-0.2, 0) is 4.79 Å². The zero-order chi connectivity index (χ0) is 18.7. The van der Waals surface area contributed by atoms with E-state index in [2.05, 4.69) is 11.9 Å². The fourth-order valence-electron chi connectivity index (χ4n) is 2.85. The number of fused-ring (bicyclic) bond motifs is 2. The highest BCUT2D eigenvalue weighted by atomic mass is 16.5. The Kier molecular flexibility index (Phi) is 5.21. The summed E-state index contributed by atoms with van der Waals surface area (Å²) < 4.78 is 5.87. The Balaban J connectivity index is 1.98. The molecule has 0 radical (unpaired) electrons. The van der Waals surface area contributed by atoms with Crippen molar-refractivity contribution in [1.29, 1.82) is 0 Å². The molecule has 0 aliphatic carbocycles. The van der Waals surface area contributed by atoms with Crippen molar-refractivity contribution in [2.24, 2.45) is 0 Å². The van der Waals surface area contributed by atoms with Crippen LogP contribution >= 0.6 is 0 Å². The van der Waals surface area contributed by atoms with Crippen molar-refractivity contribution >= 4 is 17.5 Å². The summed E-state index contributed by atoms with van der Waals surface area (Å²) in [6, 6.07) is 8.93. The van der Waals surface area contributed by atoms with Gasteiger partial charge in [0.25, 0.3) is 5.91 Å². The van der Waals surface area contributed by atoms with Gasteiger partial charge < -0.3 is 9.64 Å². The van der Waals surface area contributed by atoms with E-state index < -0.39 is 0 Å². The number of anilines is 1. The van der Waals surface area contributed by atoms with Crippen LogP contribution in [0.5, 0.6) is 11.6 Å². The van der Waals surface area contributed by atoms with E-state index in [4.69, 9.17) is 4.74 Å². The molecule has 0 bridgehead atoms. The number of aromatic nitrogens is 1. The van der Waals surface area contributed by atoms with E-state index in [0.29, 0.717) is 23.5 Å². The van der Waals surface area contributed by atoms with Gasteiger partial charge in [0, 0.05) is 19.8 Å². The van der Waals surface area contributed by atoms with Crippen molar-refractivity contribution in [2.45, 2.75) is 26.7 Å². The lowest BCUT2D eigenvalue weighted by Gasteiger charge is -2.25. The lowest BCUT2D eigenvalue weighted by Crippen LogP contribution is -2.41. The molecule has 1 aliphatic heterocycles.